The molecule has 0 aromatic heterocycles. The van der Waals surface area contributed by atoms with Crippen LogP contribution in [0.1, 0.15) is 25.8 Å². The van der Waals surface area contributed by atoms with Crippen LogP contribution in [0.2, 0.25) is 5.02 Å². The summed E-state index contributed by atoms with van der Waals surface area (Å²) in [5.41, 5.74) is 6.69. The van der Waals surface area contributed by atoms with E-state index in [4.69, 9.17) is 22.1 Å². The van der Waals surface area contributed by atoms with Crippen molar-refractivity contribution in [2.75, 3.05) is 18.1 Å². The van der Waals surface area contributed by atoms with Gasteiger partial charge < -0.3 is 10.5 Å². The maximum Gasteiger partial charge on any atom is 0.153 e. The lowest BCUT2D eigenvalue weighted by molar-refractivity contribution is 0.336. The maximum atomic E-state index is 11.6. The Labute approximate surface area is 126 Å². The molecule has 0 aliphatic heterocycles. The number of rotatable bonds is 8. The van der Waals surface area contributed by atoms with Crippen molar-refractivity contribution in [2.24, 2.45) is 5.73 Å². The van der Waals surface area contributed by atoms with Gasteiger partial charge in [0.1, 0.15) is 12.4 Å². The lowest BCUT2D eigenvalue weighted by atomic mass is 10.1. The van der Waals surface area contributed by atoms with E-state index in [0.29, 0.717) is 23.6 Å². The van der Waals surface area contributed by atoms with Crippen molar-refractivity contribution in [2.45, 2.75) is 32.7 Å². The van der Waals surface area contributed by atoms with Gasteiger partial charge >= 0.3 is 0 Å². The first-order valence-corrected chi connectivity index (χ1v) is 8.92. The molecule has 0 spiro atoms. The summed E-state index contributed by atoms with van der Waals surface area (Å²) in [5, 5.41) is 0.482. The monoisotopic (exact) mass is 319 g/mol. The minimum Gasteiger partial charge on any atom is -0.491 e. The Morgan fingerprint density at radius 3 is 2.65 bits per heavy atom. The molecular weight excluding hydrogens is 298 g/mol. The fourth-order valence-corrected chi connectivity index (χ4v) is 3.32. The van der Waals surface area contributed by atoms with Gasteiger partial charge in [0, 0.05) is 6.04 Å². The summed E-state index contributed by atoms with van der Waals surface area (Å²) in [6.45, 7) is 3.85. The van der Waals surface area contributed by atoms with Crippen LogP contribution in [0.3, 0.4) is 0 Å². The molecule has 2 N–H and O–H groups in total. The summed E-state index contributed by atoms with van der Waals surface area (Å²) in [4.78, 5) is 0. The number of hydrogen-bond acceptors (Lipinski definition) is 4. The van der Waals surface area contributed by atoms with E-state index in [0.717, 1.165) is 5.56 Å². The van der Waals surface area contributed by atoms with Gasteiger partial charge in [0.05, 0.1) is 16.5 Å². The highest BCUT2D eigenvalue weighted by molar-refractivity contribution is 7.91. The summed E-state index contributed by atoms with van der Waals surface area (Å²) in [5.74, 6) is 0.730. The van der Waals surface area contributed by atoms with Crippen molar-refractivity contribution in [1.29, 1.82) is 0 Å². The molecule has 0 fully saturated rings. The highest BCUT2D eigenvalue weighted by atomic mass is 35.5. The summed E-state index contributed by atoms with van der Waals surface area (Å²) < 4.78 is 28.9. The number of halogens is 1. The highest BCUT2D eigenvalue weighted by Gasteiger charge is 2.13. The molecule has 0 amide bonds. The lowest BCUT2D eigenvalue weighted by Gasteiger charge is -2.14. The first-order valence-electron chi connectivity index (χ1n) is 6.72. The van der Waals surface area contributed by atoms with Gasteiger partial charge in [-0.3, -0.25) is 0 Å². The fourth-order valence-electron chi connectivity index (χ4n) is 1.91. The third-order valence-electron chi connectivity index (χ3n) is 2.75. The Kier molecular flexibility index (Phi) is 6.79. The van der Waals surface area contributed by atoms with Gasteiger partial charge in [0.25, 0.3) is 0 Å². The van der Waals surface area contributed by atoms with E-state index in [-0.39, 0.29) is 24.2 Å². The van der Waals surface area contributed by atoms with Crippen LogP contribution in [0.5, 0.6) is 5.75 Å². The number of para-hydroxylation sites is 1. The number of nitrogens with two attached hydrogens (primary N) is 1. The molecule has 1 rings (SSSR count). The van der Waals surface area contributed by atoms with Gasteiger partial charge in [-0.1, -0.05) is 30.7 Å². The van der Waals surface area contributed by atoms with Crippen LogP contribution in [0.4, 0.5) is 0 Å². The Morgan fingerprint density at radius 1 is 1.35 bits per heavy atom. The SMILES string of the molecule is CCCS(=O)(=O)CCOc1c(Cl)cccc1CC(C)N. The van der Waals surface area contributed by atoms with Gasteiger partial charge in [-0.25, -0.2) is 8.42 Å². The summed E-state index contributed by atoms with van der Waals surface area (Å²) >= 11 is 6.11. The third-order valence-corrected chi connectivity index (χ3v) is 4.86. The molecule has 4 nitrogen and oxygen atoms in total. The van der Waals surface area contributed by atoms with Gasteiger partial charge in [0.15, 0.2) is 9.84 Å². The number of hydrogen-bond donors (Lipinski definition) is 1. The standard InChI is InChI=1S/C14H22ClNO3S/c1-3-8-20(17,18)9-7-19-14-12(10-11(2)16)5-4-6-13(14)15/h4-6,11H,3,7-10,16H2,1-2H3. The second-order valence-corrected chi connectivity index (χ2v) is 7.62. The largest absolute Gasteiger partial charge is 0.491 e. The molecule has 1 aromatic carbocycles. The molecule has 0 aliphatic rings. The van der Waals surface area contributed by atoms with Gasteiger partial charge in [-0.05, 0) is 31.4 Å². The average molecular weight is 320 g/mol. The molecule has 0 radical (unpaired) electrons. The van der Waals surface area contributed by atoms with Crippen molar-refractivity contribution < 1.29 is 13.2 Å². The Balaban J connectivity index is 2.72. The predicted octanol–water partition coefficient (Wildman–Crippen LogP) is 2.43. The van der Waals surface area contributed by atoms with Crippen molar-refractivity contribution in [1.82, 2.24) is 0 Å². The van der Waals surface area contributed by atoms with E-state index in [9.17, 15) is 8.42 Å². The van der Waals surface area contributed by atoms with Crippen molar-refractivity contribution in [3.8, 4) is 5.75 Å². The molecule has 20 heavy (non-hydrogen) atoms. The first-order chi connectivity index (χ1) is 9.35. The van der Waals surface area contributed by atoms with Crippen molar-refractivity contribution >= 4 is 21.4 Å². The minimum atomic E-state index is -3.04. The molecule has 0 saturated heterocycles. The number of ether oxygens (including phenoxy) is 1. The van der Waals surface area contributed by atoms with E-state index in [1.165, 1.54) is 0 Å². The zero-order valence-electron chi connectivity index (χ0n) is 11.9. The lowest BCUT2D eigenvalue weighted by Crippen LogP contribution is -2.20. The summed E-state index contributed by atoms with van der Waals surface area (Å²) in [6.07, 6.45) is 1.25. The molecule has 114 valence electrons. The van der Waals surface area contributed by atoms with E-state index >= 15 is 0 Å². The average Bonchev–Trinajstić information content (AvgIpc) is 2.31. The molecule has 0 bridgehead atoms. The quantitative estimate of drug-likeness (QED) is 0.799. The van der Waals surface area contributed by atoms with Crippen LogP contribution in [-0.2, 0) is 16.3 Å². The molecule has 1 unspecified atom stereocenters. The Bertz CT molecular complexity index is 529. The molecular formula is C14H22ClNO3S. The molecule has 1 atom stereocenters. The van der Waals surface area contributed by atoms with E-state index in [1.54, 1.807) is 6.07 Å². The summed E-state index contributed by atoms with van der Waals surface area (Å²) in [6, 6.07) is 5.44. The predicted molar refractivity (Wildman–Crippen MR) is 83.2 cm³/mol. The molecule has 0 heterocycles. The smallest absolute Gasteiger partial charge is 0.153 e. The Morgan fingerprint density at radius 2 is 2.05 bits per heavy atom. The number of sulfone groups is 1. The topological polar surface area (TPSA) is 69.4 Å². The minimum absolute atomic E-state index is 0.00365. The molecule has 1 aromatic rings. The van der Waals surface area contributed by atoms with Crippen LogP contribution in [0, 0.1) is 0 Å². The summed E-state index contributed by atoms with van der Waals surface area (Å²) in [7, 11) is -3.04. The Hall–Kier alpha value is -0.780. The van der Waals surface area contributed by atoms with Crippen LogP contribution in [-0.4, -0.2) is 32.6 Å². The van der Waals surface area contributed by atoms with Gasteiger partial charge in [-0.2, -0.15) is 0 Å². The fraction of sp³-hybridized carbons (Fsp3) is 0.571. The van der Waals surface area contributed by atoms with E-state index in [1.807, 2.05) is 26.0 Å². The van der Waals surface area contributed by atoms with Gasteiger partial charge in [-0.15, -0.1) is 0 Å². The highest BCUT2D eigenvalue weighted by Crippen LogP contribution is 2.29. The van der Waals surface area contributed by atoms with Crippen molar-refractivity contribution in [3.05, 3.63) is 28.8 Å². The second-order valence-electron chi connectivity index (χ2n) is 4.91. The van der Waals surface area contributed by atoms with Crippen LogP contribution >= 0.6 is 11.6 Å². The van der Waals surface area contributed by atoms with Crippen LogP contribution < -0.4 is 10.5 Å². The molecule has 0 aliphatic carbocycles. The molecule has 0 saturated carbocycles. The van der Waals surface area contributed by atoms with E-state index in [2.05, 4.69) is 0 Å². The zero-order chi connectivity index (χ0) is 15.2. The van der Waals surface area contributed by atoms with Gasteiger partial charge in [0.2, 0.25) is 0 Å². The maximum absolute atomic E-state index is 11.6. The zero-order valence-corrected chi connectivity index (χ0v) is 13.5. The third kappa shape index (κ3) is 5.69. The van der Waals surface area contributed by atoms with Crippen molar-refractivity contribution in [3.63, 3.8) is 0 Å². The second kappa shape index (κ2) is 7.86. The molecule has 6 heteroatoms. The number of benzene rings is 1. The first kappa shape index (κ1) is 17.3. The normalized spacial score (nSPS) is 13.2. The van der Waals surface area contributed by atoms with Crippen LogP contribution in [0.15, 0.2) is 18.2 Å². The van der Waals surface area contributed by atoms with E-state index < -0.39 is 9.84 Å². The van der Waals surface area contributed by atoms with Crippen LogP contribution in [0.25, 0.3) is 0 Å².